The molecular formula is C16H16O2. The van der Waals surface area contributed by atoms with Crippen LogP contribution in [0.4, 0.5) is 0 Å². The normalized spacial score (nSPS) is 10.8. The van der Waals surface area contributed by atoms with Crippen LogP contribution in [0.5, 0.6) is 11.5 Å². The maximum absolute atomic E-state index is 9.55. The van der Waals surface area contributed by atoms with Gasteiger partial charge in [0.2, 0.25) is 0 Å². The molecule has 0 unspecified atom stereocenters. The van der Waals surface area contributed by atoms with Crippen LogP contribution in [0.3, 0.4) is 0 Å². The molecule has 0 saturated carbocycles. The first kappa shape index (κ1) is 12.2. The minimum atomic E-state index is 0.207. The van der Waals surface area contributed by atoms with Gasteiger partial charge in [-0.3, -0.25) is 0 Å². The number of aryl methyl sites for hydroxylation is 1. The molecule has 0 spiro atoms. The van der Waals surface area contributed by atoms with Gasteiger partial charge in [-0.25, -0.2) is 0 Å². The SMILES string of the molecule is COc1cc(O)cc(/C=C/c2cccc(C)c2)c1. The number of phenolic OH excluding ortho intramolecular Hbond substituents is 1. The van der Waals surface area contributed by atoms with Crippen LogP contribution in [0.15, 0.2) is 42.5 Å². The molecule has 2 nitrogen and oxygen atoms in total. The molecule has 0 heterocycles. The first-order chi connectivity index (χ1) is 8.67. The van der Waals surface area contributed by atoms with Gasteiger partial charge in [0, 0.05) is 6.07 Å². The summed E-state index contributed by atoms with van der Waals surface area (Å²) in [5.41, 5.74) is 3.27. The van der Waals surface area contributed by atoms with Crippen LogP contribution in [0, 0.1) is 6.92 Å². The zero-order chi connectivity index (χ0) is 13.0. The van der Waals surface area contributed by atoms with Crippen LogP contribution in [0.2, 0.25) is 0 Å². The predicted molar refractivity (Wildman–Crippen MR) is 74.8 cm³/mol. The molecule has 0 amide bonds. The van der Waals surface area contributed by atoms with Gasteiger partial charge in [-0.2, -0.15) is 0 Å². The average molecular weight is 240 g/mol. The zero-order valence-electron chi connectivity index (χ0n) is 10.6. The third kappa shape index (κ3) is 3.14. The molecule has 0 aliphatic heterocycles. The molecule has 1 N–H and O–H groups in total. The Bertz CT molecular complexity index is 571. The molecule has 0 aliphatic carbocycles. The molecule has 0 atom stereocenters. The molecule has 0 saturated heterocycles. The van der Waals surface area contributed by atoms with E-state index < -0.39 is 0 Å². The second kappa shape index (κ2) is 5.41. The highest BCUT2D eigenvalue weighted by molar-refractivity contribution is 5.71. The van der Waals surface area contributed by atoms with Crippen molar-refractivity contribution >= 4 is 12.2 Å². The largest absolute Gasteiger partial charge is 0.508 e. The van der Waals surface area contributed by atoms with Crippen molar-refractivity contribution in [3.05, 3.63) is 59.2 Å². The van der Waals surface area contributed by atoms with E-state index in [9.17, 15) is 5.11 Å². The molecule has 0 fully saturated rings. The summed E-state index contributed by atoms with van der Waals surface area (Å²) < 4.78 is 5.11. The summed E-state index contributed by atoms with van der Waals surface area (Å²) in [7, 11) is 1.59. The number of methoxy groups -OCH3 is 1. The molecular weight excluding hydrogens is 224 g/mol. The van der Waals surface area contributed by atoms with Gasteiger partial charge in [-0.05, 0) is 30.2 Å². The van der Waals surface area contributed by atoms with Crippen LogP contribution in [0.25, 0.3) is 12.2 Å². The van der Waals surface area contributed by atoms with E-state index in [0.29, 0.717) is 5.75 Å². The fraction of sp³-hybridized carbons (Fsp3) is 0.125. The van der Waals surface area contributed by atoms with Gasteiger partial charge in [0.15, 0.2) is 0 Å². The van der Waals surface area contributed by atoms with E-state index in [1.165, 1.54) is 5.56 Å². The first-order valence-corrected chi connectivity index (χ1v) is 5.80. The molecule has 0 aromatic heterocycles. The van der Waals surface area contributed by atoms with Gasteiger partial charge in [0.1, 0.15) is 11.5 Å². The molecule has 2 heteroatoms. The summed E-state index contributed by atoms with van der Waals surface area (Å²) in [6.07, 6.45) is 3.97. The minimum Gasteiger partial charge on any atom is -0.508 e. The van der Waals surface area contributed by atoms with E-state index >= 15 is 0 Å². The molecule has 18 heavy (non-hydrogen) atoms. The number of hydrogen-bond acceptors (Lipinski definition) is 2. The maximum Gasteiger partial charge on any atom is 0.123 e. The van der Waals surface area contributed by atoms with Crippen LogP contribution in [0.1, 0.15) is 16.7 Å². The van der Waals surface area contributed by atoms with Crippen molar-refractivity contribution in [3.63, 3.8) is 0 Å². The Morgan fingerprint density at radius 2 is 1.78 bits per heavy atom. The summed E-state index contributed by atoms with van der Waals surface area (Å²) in [6.45, 7) is 2.06. The highest BCUT2D eigenvalue weighted by atomic mass is 16.5. The monoisotopic (exact) mass is 240 g/mol. The van der Waals surface area contributed by atoms with Crippen molar-refractivity contribution in [3.8, 4) is 11.5 Å². The fourth-order valence-corrected chi connectivity index (χ4v) is 1.79. The lowest BCUT2D eigenvalue weighted by Crippen LogP contribution is -1.83. The minimum absolute atomic E-state index is 0.207. The number of benzene rings is 2. The summed E-state index contributed by atoms with van der Waals surface area (Å²) in [5, 5.41) is 9.55. The molecule has 0 aliphatic rings. The molecule has 2 aromatic carbocycles. The van der Waals surface area contributed by atoms with Crippen molar-refractivity contribution in [2.24, 2.45) is 0 Å². The maximum atomic E-state index is 9.55. The van der Waals surface area contributed by atoms with Gasteiger partial charge in [0.05, 0.1) is 7.11 Å². The predicted octanol–water partition coefficient (Wildman–Crippen LogP) is 3.88. The smallest absolute Gasteiger partial charge is 0.123 e. The number of hydrogen-bond donors (Lipinski definition) is 1. The fourth-order valence-electron chi connectivity index (χ4n) is 1.79. The third-order valence-electron chi connectivity index (χ3n) is 2.66. The molecule has 0 bridgehead atoms. The van der Waals surface area contributed by atoms with Gasteiger partial charge < -0.3 is 9.84 Å². The van der Waals surface area contributed by atoms with Crippen molar-refractivity contribution in [1.82, 2.24) is 0 Å². The van der Waals surface area contributed by atoms with E-state index in [-0.39, 0.29) is 5.75 Å². The molecule has 2 aromatic rings. The van der Waals surface area contributed by atoms with Gasteiger partial charge in [-0.15, -0.1) is 0 Å². The number of phenols is 1. The second-order valence-corrected chi connectivity index (χ2v) is 4.21. The Kier molecular flexibility index (Phi) is 3.68. The molecule has 0 radical (unpaired) electrons. The lowest BCUT2D eigenvalue weighted by atomic mass is 10.1. The Labute approximate surface area is 107 Å². The van der Waals surface area contributed by atoms with E-state index in [1.807, 2.05) is 30.4 Å². The van der Waals surface area contributed by atoms with Gasteiger partial charge in [-0.1, -0.05) is 42.0 Å². The summed E-state index contributed by atoms with van der Waals surface area (Å²) in [4.78, 5) is 0. The molecule has 2 rings (SSSR count). The Balaban J connectivity index is 2.25. The highest BCUT2D eigenvalue weighted by Gasteiger charge is 1.97. The van der Waals surface area contributed by atoms with Gasteiger partial charge >= 0.3 is 0 Å². The van der Waals surface area contributed by atoms with E-state index in [1.54, 1.807) is 19.2 Å². The lowest BCUT2D eigenvalue weighted by molar-refractivity contribution is 0.407. The zero-order valence-corrected chi connectivity index (χ0v) is 10.6. The van der Waals surface area contributed by atoms with Crippen molar-refractivity contribution in [2.75, 3.05) is 7.11 Å². The Morgan fingerprint density at radius 3 is 2.50 bits per heavy atom. The summed E-state index contributed by atoms with van der Waals surface area (Å²) in [5.74, 6) is 0.858. The van der Waals surface area contributed by atoms with Crippen molar-refractivity contribution < 1.29 is 9.84 Å². The van der Waals surface area contributed by atoms with Crippen LogP contribution in [-0.2, 0) is 0 Å². The third-order valence-corrected chi connectivity index (χ3v) is 2.66. The first-order valence-electron chi connectivity index (χ1n) is 5.80. The lowest BCUT2D eigenvalue weighted by Gasteiger charge is -2.02. The van der Waals surface area contributed by atoms with Crippen LogP contribution >= 0.6 is 0 Å². The number of ether oxygens (including phenoxy) is 1. The topological polar surface area (TPSA) is 29.5 Å². The van der Waals surface area contributed by atoms with Crippen molar-refractivity contribution in [2.45, 2.75) is 6.92 Å². The van der Waals surface area contributed by atoms with Gasteiger partial charge in [0.25, 0.3) is 0 Å². The average Bonchev–Trinajstić information content (AvgIpc) is 2.36. The second-order valence-electron chi connectivity index (χ2n) is 4.21. The molecule has 92 valence electrons. The summed E-state index contributed by atoms with van der Waals surface area (Å²) >= 11 is 0. The van der Waals surface area contributed by atoms with Crippen LogP contribution in [-0.4, -0.2) is 12.2 Å². The van der Waals surface area contributed by atoms with E-state index in [0.717, 1.165) is 11.1 Å². The Morgan fingerprint density at radius 1 is 1.00 bits per heavy atom. The Hall–Kier alpha value is -2.22. The van der Waals surface area contributed by atoms with E-state index in [4.69, 9.17) is 4.74 Å². The standard InChI is InChI=1S/C16H16O2/c1-12-4-3-5-13(8-12)6-7-14-9-15(17)11-16(10-14)18-2/h3-11,17H,1-2H3/b7-6+. The summed E-state index contributed by atoms with van der Waals surface area (Å²) in [6, 6.07) is 13.4. The van der Waals surface area contributed by atoms with E-state index in [2.05, 4.69) is 19.1 Å². The number of rotatable bonds is 3. The van der Waals surface area contributed by atoms with Crippen molar-refractivity contribution in [1.29, 1.82) is 0 Å². The van der Waals surface area contributed by atoms with Crippen LogP contribution < -0.4 is 4.74 Å². The number of aromatic hydroxyl groups is 1. The highest BCUT2D eigenvalue weighted by Crippen LogP contribution is 2.22. The quantitative estimate of drug-likeness (QED) is 0.825.